The summed E-state index contributed by atoms with van der Waals surface area (Å²) in [5.74, 6) is -0.0652. The first-order valence-electron chi connectivity index (χ1n) is 10.2. The second kappa shape index (κ2) is 9.35. The van der Waals surface area contributed by atoms with Gasteiger partial charge in [-0.15, -0.1) is 0 Å². The molecular formula is C25H28N2O3S. The summed E-state index contributed by atoms with van der Waals surface area (Å²) < 4.78 is 27.7. The first-order chi connectivity index (χ1) is 14.7. The van der Waals surface area contributed by atoms with Gasteiger partial charge in [-0.25, -0.2) is 8.42 Å². The second-order valence-electron chi connectivity index (χ2n) is 8.05. The van der Waals surface area contributed by atoms with Crippen molar-refractivity contribution < 1.29 is 13.2 Å². The van der Waals surface area contributed by atoms with E-state index < -0.39 is 10.0 Å². The number of hydrogen-bond acceptors (Lipinski definition) is 3. The number of carbonyl (C=O) groups is 1. The van der Waals surface area contributed by atoms with Crippen molar-refractivity contribution >= 4 is 21.6 Å². The zero-order valence-electron chi connectivity index (χ0n) is 18.2. The molecule has 5 nitrogen and oxygen atoms in total. The number of hydrogen-bond donors (Lipinski definition) is 2. The monoisotopic (exact) mass is 436 g/mol. The molecule has 0 spiro atoms. The maximum Gasteiger partial charge on any atom is 0.261 e. The Labute approximate surface area is 184 Å². The Balaban J connectivity index is 1.82. The van der Waals surface area contributed by atoms with Crippen LogP contribution in [0, 0.1) is 19.8 Å². The Morgan fingerprint density at radius 2 is 1.58 bits per heavy atom. The van der Waals surface area contributed by atoms with E-state index in [0.717, 1.165) is 11.1 Å². The average molecular weight is 437 g/mol. The van der Waals surface area contributed by atoms with Crippen LogP contribution in [0.3, 0.4) is 0 Å². The molecule has 1 atom stereocenters. The second-order valence-corrected chi connectivity index (χ2v) is 9.74. The molecule has 3 rings (SSSR count). The predicted octanol–water partition coefficient (Wildman–Crippen LogP) is 5.23. The zero-order valence-corrected chi connectivity index (χ0v) is 19.0. The maximum absolute atomic E-state index is 13.0. The van der Waals surface area contributed by atoms with Crippen LogP contribution >= 0.6 is 0 Å². The van der Waals surface area contributed by atoms with Crippen molar-refractivity contribution in [1.29, 1.82) is 0 Å². The first kappa shape index (κ1) is 22.6. The van der Waals surface area contributed by atoms with Gasteiger partial charge in [0.05, 0.1) is 10.9 Å². The Bertz CT molecular complexity index is 1170. The van der Waals surface area contributed by atoms with Crippen LogP contribution in [0.4, 0.5) is 5.69 Å². The summed E-state index contributed by atoms with van der Waals surface area (Å²) >= 11 is 0. The quantitative estimate of drug-likeness (QED) is 0.532. The van der Waals surface area contributed by atoms with E-state index in [0.29, 0.717) is 11.3 Å². The number of nitrogens with one attached hydrogen (secondary N) is 2. The number of anilines is 1. The molecule has 1 amide bonds. The SMILES string of the molecule is Cc1ccc([C@H](NC(=O)c2cccc(NS(=O)(=O)c3ccccc3)c2)C(C)C)c(C)c1. The fraction of sp³-hybridized carbons (Fsp3) is 0.240. The number of sulfonamides is 1. The smallest absolute Gasteiger partial charge is 0.261 e. The van der Waals surface area contributed by atoms with E-state index in [4.69, 9.17) is 0 Å². The Morgan fingerprint density at radius 1 is 0.871 bits per heavy atom. The van der Waals surface area contributed by atoms with Gasteiger partial charge < -0.3 is 5.32 Å². The van der Waals surface area contributed by atoms with Gasteiger partial charge in [0.1, 0.15) is 0 Å². The first-order valence-corrected chi connectivity index (χ1v) is 11.7. The van der Waals surface area contributed by atoms with E-state index in [-0.39, 0.29) is 22.8 Å². The highest BCUT2D eigenvalue weighted by Gasteiger charge is 2.21. The molecule has 0 heterocycles. The van der Waals surface area contributed by atoms with Crippen LogP contribution in [0.1, 0.15) is 46.9 Å². The van der Waals surface area contributed by atoms with Gasteiger partial charge in [0, 0.05) is 11.3 Å². The number of benzene rings is 3. The number of amides is 1. The Morgan fingerprint density at radius 3 is 2.23 bits per heavy atom. The molecule has 0 aromatic heterocycles. The molecule has 0 saturated carbocycles. The van der Waals surface area contributed by atoms with E-state index >= 15 is 0 Å². The van der Waals surface area contributed by atoms with Gasteiger partial charge in [-0.05, 0) is 61.2 Å². The van der Waals surface area contributed by atoms with Crippen LogP contribution in [0.15, 0.2) is 77.7 Å². The lowest BCUT2D eigenvalue weighted by Crippen LogP contribution is -2.32. The number of carbonyl (C=O) groups excluding carboxylic acids is 1. The van der Waals surface area contributed by atoms with Crippen LogP contribution in [0.25, 0.3) is 0 Å². The third-order valence-electron chi connectivity index (χ3n) is 5.14. The van der Waals surface area contributed by atoms with Gasteiger partial charge >= 0.3 is 0 Å². The highest BCUT2D eigenvalue weighted by atomic mass is 32.2. The van der Waals surface area contributed by atoms with Crippen LogP contribution < -0.4 is 10.0 Å². The van der Waals surface area contributed by atoms with Crippen LogP contribution in [0.2, 0.25) is 0 Å². The highest BCUT2D eigenvalue weighted by Crippen LogP contribution is 2.26. The zero-order chi connectivity index (χ0) is 22.6. The van der Waals surface area contributed by atoms with Crippen molar-refractivity contribution in [2.24, 2.45) is 5.92 Å². The van der Waals surface area contributed by atoms with Crippen molar-refractivity contribution in [1.82, 2.24) is 5.32 Å². The molecule has 0 radical (unpaired) electrons. The van der Waals surface area contributed by atoms with E-state index in [1.165, 1.54) is 17.7 Å². The van der Waals surface area contributed by atoms with Crippen LogP contribution in [0.5, 0.6) is 0 Å². The summed E-state index contributed by atoms with van der Waals surface area (Å²) in [7, 11) is -3.73. The Hall–Kier alpha value is -3.12. The molecule has 0 unspecified atom stereocenters. The molecule has 0 bridgehead atoms. The van der Waals surface area contributed by atoms with Crippen LogP contribution in [-0.4, -0.2) is 14.3 Å². The largest absolute Gasteiger partial charge is 0.345 e. The fourth-order valence-corrected chi connectivity index (χ4v) is 4.61. The average Bonchev–Trinajstić information content (AvgIpc) is 2.73. The molecule has 0 fully saturated rings. The molecule has 2 N–H and O–H groups in total. The van der Waals surface area contributed by atoms with Crippen molar-refractivity contribution in [2.45, 2.75) is 38.6 Å². The highest BCUT2D eigenvalue weighted by molar-refractivity contribution is 7.92. The molecular weight excluding hydrogens is 408 g/mol. The topological polar surface area (TPSA) is 75.3 Å². The van der Waals surface area contributed by atoms with Crippen molar-refractivity contribution in [3.63, 3.8) is 0 Å². The summed E-state index contributed by atoms with van der Waals surface area (Å²) in [5, 5.41) is 3.11. The Kier molecular flexibility index (Phi) is 6.81. The normalized spacial score (nSPS) is 12.4. The van der Waals surface area contributed by atoms with E-state index in [2.05, 4.69) is 36.0 Å². The number of rotatable bonds is 7. The van der Waals surface area contributed by atoms with Crippen molar-refractivity contribution in [3.05, 3.63) is 95.1 Å². The molecule has 0 aliphatic heterocycles. The molecule has 0 saturated heterocycles. The van der Waals surface area contributed by atoms with Gasteiger partial charge in [0.2, 0.25) is 0 Å². The molecule has 0 aliphatic carbocycles. The van der Waals surface area contributed by atoms with E-state index in [1.807, 2.05) is 19.9 Å². The lowest BCUT2D eigenvalue weighted by atomic mass is 9.91. The summed E-state index contributed by atoms with van der Waals surface area (Å²) in [6.07, 6.45) is 0. The van der Waals surface area contributed by atoms with Crippen molar-refractivity contribution in [3.8, 4) is 0 Å². The predicted molar refractivity (Wildman–Crippen MR) is 125 cm³/mol. The summed E-state index contributed by atoms with van der Waals surface area (Å²) in [5.41, 5.74) is 4.11. The molecule has 31 heavy (non-hydrogen) atoms. The standard InChI is InChI=1S/C25H28N2O3S/c1-17(2)24(23-14-13-18(3)15-19(23)4)26-25(28)20-9-8-10-21(16-20)27-31(29,30)22-11-6-5-7-12-22/h5-17,24,27H,1-4H3,(H,26,28)/t24-/m1/s1. The fourth-order valence-electron chi connectivity index (χ4n) is 3.54. The van der Waals surface area contributed by atoms with E-state index in [1.54, 1.807) is 42.5 Å². The molecule has 3 aromatic rings. The van der Waals surface area contributed by atoms with Gasteiger partial charge in [0.25, 0.3) is 15.9 Å². The van der Waals surface area contributed by atoms with Gasteiger partial charge in [-0.1, -0.05) is 61.9 Å². The minimum atomic E-state index is -3.73. The molecule has 3 aromatic carbocycles. The maximum atomic E-state index is 13.0. The number of aryl methyl sites for hydroxylation is 2. The van der Waals surface area contributed by atoms with E-state index in [9.17, 15) is 13.2 Å². The summed E-state index contributed by atoms with van der Waals surface area (Å²) in [6, 6.07) is 20.7. The molecule has 0 aliphatic rings. The summed E-state index contributed by atoms with van der Waals surface area (Å²) in [4.78, 5) is 13.2. The lowest BCUT2D eigenvalue weighted by molar-refractivity contribution is 0.0925. The molecule has 6 heteroatoms. The summed E-state index contributed by atoms with van der Waals surface area (Å²) in [6.45, 7) is 8.22. The van der Waals surface area contributed by atoms with Crippen LogP contribution in [-0.2, 0) is 10.0 Å². The minimum absolute atomic E-state index is 0.155. The third-order valence-corrected chi connectivity index (χ3v) is 6.54. The van der Waals surface area contributed by atoms with Gasteiger partial charge in [-0.3, -0.25) is 9.52 Å². The molecule has 162 valence electrons. The lowest BCUT2D eigenvalue weighted by Gasteiger charge is -2.25. The van der Waals surface area contributed by atoms with Gasteiger partial charge in [-0.2, -0.15) is 0 Å². The van der Waals surface area contributed by atoms with Gasteiger partial charge in [0.15, 0.2) is 0 Å². The third kappa shape index (κ3) is 5.52. The van der Waals surface area contributed by atoms with Crippen molar-refractivity contribution in [2.75, 3.05) is 4.72 Å². The minimum Gasteiger partial charge on any atom is -0.345 e.